The Morgan fingerprint density at radius 1 is 0.453 bits per heavy atom. The van der Waals surface area contributed by atoms with E-state index in [2.05, 4.69) is 20.6 Å². The van der Waals surface area contributed by atoms with Crippen LogP contribution in [-0.2, 0) is 12.8 Å². The largest absolute Gasteiger partial charge is 0.508 e. The highest BCUT2D eigenvalue weighted by Crippen LogP contribution is 2.28. The van der Waals surface area contributed by atoms with Crippen LogP contribution < -0.4 is 10.6 Å². The number of fused-ring (bicyclic) bond motifs is 1. The molecule has 0 radical (unpaired) electrons. The van der Waals surface area contributed by atoms with Crippen molar-refractivity contribution < 1.29 is 30.0 Å². The molecule has 0 aliphatic heterocycles. The first-order chi connectivity index (χ1) is 31.1. The molecule has 0 bridgehead atoms. The lowest BCUT2D eigenvalue weighted by Crippen LogP contribution is -2.16. The molecule has 9 rings (SSSR count). The van der Waals surface area contributed by atoms with Crippen molar-refractivity contribution in [3.8, 4) is 45.5 Å². The summed E-state index contributed by atoms with van der Waals surface area (Å²) in [5.41, 5.74) is 7.01. The van der Waals surface area contributed by atoms with Gasteiger partial charge in [-0.05, 0) is 113 Å². The van der Waals surface area contributed by atoms with Crippen LogP contribution in [0.3, 0.4) is 0 Å². The SMILES string of the molecule is O=C(Nc1ncc(-c2ccc(O)cc2)nc1Cc1ccccc1)c1cccc(O)c1.O=C(Nc1ncc(-c2ccc(O)cc2)nc1Cc1ccccc1)c1cccc2cc(O)ccc12. The molecule has 12 nitrogen and oxygen atoms in total. The third-order valence-electron chi connectivity index (χ3n) is 10.1. The van der Waals surface area contributed by atoms with Gasteiger partial charge in [-0.1, -0.05) is 78.9 Å². The topological polar surface area (TPSA) is 191 Å². The Labute approximate surface area is 367 Å². The van der Waals surface area contributed by atoms with Crippen molar-refractivity contribution in [1.29, 1.82) is 0 Å². The molecule has 2 aromatic heterocycles. The van der Waals surface area contributed by atoms with Gasteiger partial charge in [0, 0.05) is 35.1 Å². The van der Waals surface area contributed by atoms with Gasteiger partial charge in [0.05, 0.1) is 35.2 Å². The van der Waals surface area contributed by atoms with Crippen molar-refractivity contribution in [2.24, 2.45) is 0 Å². The van der Waals surface area contributed by atoms with Gasteiger partial charge in [0.2, 0.25) is 0 Å². The minimum Gasteiger partial charge on any atom is -0.508 e. The standard InChI is InChI=1S/C28H21N3O3.C24H19N3O3/c32-21-11-9-19(10-12-21)26-17-29-27(25(30-26)15-18-5-2-1-3-6-18)31-28(34)24-8-4-7-20-16-22(33)13-14-23(20)24;28-19-11-9-17(10-12-19)22-15-25-23(21(26-22)13-16-5-2-1-3-6-16)27-24(30)18-7-4-8-20(29)14-18/h1-14,16-17,32-33H,15H2,(H,29,31,34);1-12,14-15,28-29H,13H2,(H,25,27,30). The van der Waals surface area contributed by atoms with Gasteiger partial charge in [-0.25, -0.2) is 19.9 Å². The van der Waals surface area contributed by atoms with Crippen LogP contribution in [0.2, 0.25) is 0 Å². The Morgan fingerprint density at radius 2 is 0.938 bits per heavy atom. The summed E-state index contributed by atoms with van der Waals surface area (Å²) < 4.78 is 0. The zero-order valence-electron chi connectivity index (χ0n) is 34.1. The monoisotopic (exact) mass is 844 g/mol. The molecule has 0 aliphatic rings. The van der Waals surface area contributed by atoms with E-state index < -0.39 is 0 Å². The number of benzene rings is 7. The predicted molar refractivity (Wildman–Crippen MR) is 246 cm³/mol. The quantitative estimate of drug-likeness (QED) is 0.0773. The number of carbonyl (C=O) groups is 2. The van der Waals surface area contributed by atoms with Crippen LogP contribution in [0.25, 0.3) is 33.3 Å². The van der Waals surface area contributed by atoms with Crippen molar-refractivity contribution >= 4 is 34.2 Å². The maximum absolute atomic E-state index is 13.2. The molecule has 9 aromatic rings. The fourth-order valence-electron chi connectivity index (χ4n) is 6.90. The number of rotatable bonds is 10. The Kier molecular flexibility index (Phi) is 12.6. The summed E-state index contributed by atoms with van der Waals surface area (Å²) in [6.45, 7) is 0. The highest BCUT2D eigenvalue weighted by atomic mass is 16.3. The van der Waals surface area contributed by atoms with Crippen molar-refractivity contribution in [3.63, 3.8) is 0 Å². The highest BCUT2D eigenvalue weighted by molar-refractivity contribution is 6.13. The molecule has 314 valence electrons. The number of phenols is 4. The molecule has 64 heavy (non-hydrogen) atoms. The van der Waals surface area contributed by atoms with Crippen molar-refractivity contribution in [2.75, 3.05) is 10.6 Å². The van der Waals surface area contributed by atoms with E-state index in [1.807, 2.05) is 66.7 Å². The molecule has 2 heterocycles. The number of anilines is 2. The molecule has 12 heteroatoms. The van der Waals surface area contributed by atoms with Gasteiger partial charge in [0.25, 0.3) is 11.8 Å². The number of nitrogens with one attached hydrogen (secondary N) is 2. The molecule has 2 amide bonds. The van der Waals surface area contributed by atoms with E-state index in [0.717, 1.165) is 33.0 Å². The fourth-order valence-corrected chi connectivity index (χ4v) is 6.90. The predicted octanol–water partition coefficient (Wildman–Crippen LogP) is 9.95. The van der Waals surface area contributed by atoms with Gasteiger partial charge >= 0.3 is 0 Å². The second-order valence-corrected chi connectivity index (χ2v) is 14.7. The molecule has 0 saturated carbocycles. The highest BCUT2D eigenvalue weighted by Gasteiger charge is 2.17. The van der Waals surface area contributed by atoms with Gasteiger partial charge in [-0.2, -0.15) is 0 Å². The van der Waals surface area contributed by atoms with Crippen LogP contribution in [0.1, 0.15) is 43.2 Å². The van der Waals surface area contributed by atoms with Crippen LogP contribution >= 0.6 is 0 Å². The lowest BCUT2D eigenvalue weighted by Gasteiger charge is -2.13. The minimum atomic E-state index is -0.383. The number of carbonyl (C=O) groups excluding carboxylic acids is 2. The summed E-state index contributed by atoms with van der Waals surface area (Å²) in [4.78, 5) is 44.4. The van der Waals surface area contributed by atoms with Crippen LogP contribution in [-0.4, -0.2) is 52.2 Å². The minimum absolute atomic E-state index is 0.0147. The fraction of sp³-hybridized carbons (Fsp3) is 0.0385. The van der Waals surface area contributed by atoms with Crippen LogP contribution in [0.5, 0.6) is 23.0 Å². The number of hydrogen-bond donors (Lipinski definition) is 6. The molecule has 0 saturated heterocycles. The molecule has 0 aliphatic carbocycles. The summed E-state index contributed by atoms with van der Waals surface area (Å²) in [5.74, 6) is 0.553. The number of amides is 2. The van der Waals surface area contributed by atoms with Crippen LogP contribution in [0, 0.1) is 0 Å². The first kappa shape index (κ1) is 41.8. The summed E-state index contributed by atoms with van der Waals surface area (Å²) in [7, 11) is 0. The summed E-state index contributed by atoms with van der Waals surface area (Å²) in [5, 5.41) is 45.8. The van der Waals surface area contributed by atoms with Crippen LogP contribution in [0.4, 0.5) is 11.6 Å². The summed E-state index contributed by atoms with van der Waals surface area (Å²) >= 11 is 0. The number of nitrogens with zero attached hydrogens (tertiary/aromatic N) is 4. The molecule has 0 atom stereocenters. The van der Waals surface area contributed by atoms with Crippen LogP contribution in [0.15, 0.2) is 182 Å². The van der Waals surface area contributed by atoms with Gasteiger partial charge < -0.3 is 31.1 Å². The van der Waals surface area contributed by atoms with E-state index in [9.17, 15) is 30.0 Å². The zero-order valence-corrected chi connectivity index (χ0v) is 34.1. The second-order valence-electron chi connectivity index (χ2n) is 14.7. The third-order valence-corrected chi connectivity index (χ3v) is 10.1. The lowest BCUT2D eigenvalue weighted by molar-refractivity contribution is 0.101. The maximum atomic E-state index is 13.2. The van der Waals surface area contributed by atoms with Crippen molar-refractivity contribution in [1.82, 2.24) is 19.9 Å². The average Bonchev–Trinajstić information content (AvgIpc) is 3.31. The van der Waals surface area contributed by atoms with Crippen molar-refractivity contribution in [3.05, 3.63) is 216 Å². The Balaban J connectivity index is 0.000000176. The number of aromatic hydroxyl groups is 4. The smallest absolute Gasteiger partial charge is 0.257 e. The first-order valence-electron chi connectivity index (χ1n) is 20.2. The number of phenolic OH excluding ortho intramolecular Hbond substituents is 4. The molecule has 7 aromatic carbocycles. The maximum Gasteiger partial charge on any atom is 0.257 e. The van der Waals surface area contributed by atoms with E-state index >= 15 is 0 Å². The van der Waals surface area contributed by atoms with Gasteiger partial charge in [-0.3, -0.25) is 9.59 Å². The van der Waals surface area contributed by atoms with Gasteiger partial charge in [-0.15, -0.1) is 0 Å². The Hall–Kier alpha value is -8.90. The molecule has 6 N–H and O–H groups in total. The van der Waals surface area contributed by atoms with Gasteiger partial charge in [0.15, 0.2) is 11.6 Å². The normalized spacial score (nSPS) is 10.7. The van der Waals surface area contributed by atoms with E-state index in [4.69, 9.17) is 9.97 Å². The first-order valence-corrected chi connectivity index (χ1v) is 20.2. The van der Waals surface area contributed by atoms with Gasteiger partial charge in [0.1, 0.15) is 23.0 Å². The molecule has 0 fully saturated rings. The Bertz CT molecular complexity index is 3080. The number of hydrogen-bond acceptors (Lipinski definition) is 10. The van der Waals surface area contributed by atoms with E-state index in [-0.39, 0.29) is 34.8 Å². The van der Waals surface area contributed by atoms with E-state index in [1.54, 1.807) is 103 Å². The van der Waals surface area contributed by atoms with E-state index in [0.29, 0.717) is 58.4 Å². The van der Waals surface area contributed by atoms with E-state index in [1.165, 1.54) is 12.1 Å². The van der Waals surface area contributed by atoms with Crippen molar-refractivity contribution in [2.45, 2.75) is 12.8 Å². The third kappa shape index (κ3) is 10.3. The Morgan fingerprint density at radius 3 is 1.47 bits per heavy atom. The summed E-state index contributed by atoms with van der Waals surface area (Å²) in [6.07, 6.45) is 4.16. The molecular weight excluding hydrogens is 805 g/mol. The zero-order chi connectivity index (χ0) is 44.4. The lowest BCUT2D eigenvalue weighted by atomic mass is 10.0. The second kappa shape index (κ2) is 19.2. The molecule has 0 unspecified atom stereocenters. The average molecular weight is 845 g/mol. The summed E-state index contributed by atoms with van der Waals surface area (Å²) in [6, 6.07) is 49.5. The number of aromatic nitrogens is 4. The molecule has 0 spiro atoms. The molecular formula is C52H40N6O6.